The molecule has 0 bridgehead atoms. The van der Waals surface area contributed by atoms with Crippen LogP contribution >= 0.6 is 0 Å². The molecular weight excluding hydrogens is 465 g/mol. The van der Waals surface area contributed by atoms with Crippen LogP contribution in [-0.4, -0.2) is 77.1 Å². The predicted octanol–water partition coefficient (Wildman–Crippen LogP) is 2.57. The number of urea groups is 1. The van der Waals surface area contributed by atoms with Gasteiger partial charge in [0.2, 0.25) is 11.8 Å². The van der Waals surface area contributed by atoms with Gasteiger partial charge < -0.3 is 19.9 Å². The molecule has 0 unspecified atom stereocenters. The zero-order valence-electron chi connectivity index (χ0n) is 20.8. The summed E-state index contributed by atoms with van der Waals surface area (Å²) in [6, 6.07) is 12.4. The minimum absolute atomic E-state index is 0.00750. The van der Waals surface area contributed by atoms with Crippen molar-refractivity contribution < 1.29 is 23.5 Å². The van der Waals surface area contributed by atoms with E-state index in [1.54, 1.807) is 41.1 Å². The summed E-state index contributed by atoms with van der Waals surface area (Å²) in [6.07, 6.45) is 0.585. The van der Waals surface area contributed by atoms with Crippen molar-refractivity contribution in [1.82, 2.24) is 25.1 Å². The number of hydrogen-bond donors (Lipinski definition) is 1. The fraction of sp³-hybridized carbons (Fsp3) is 0.423. The van der Waals surface area contributed by atoms with E-state index in [4.69, 9.17) is 4.74 Å². The first kappa shape index (κ1) is 25.4. The number of nitrogens with zero attached hydrogens (tertiary/aromatic N) is 4. The fourth-order valence-electron chi connectivity index (χ4n) is 4.81. The van der Waals surface area contributed by atoms with Gasteiger partial charge in [0.1, 0.15) is 23.8 Å². The maximum atomic E-state index is 13.5. The van der Waals surface area contributed by atoms with Gasteiger partial charge >= 0.3 is 6.03 Å². The zero-order valence-corrected chi connectivity index (χ0v) is 20.8. The average molecular weight is 498 g/mol. The van der Waals surface area contributed by atoms with Crippen LogP contribution in [0.5, 0.6) is 5.75 Å². The van der Waals surface area contributed by atoms with Crippen molar-refractivity contribution in [2.24, 2.45) is 0 Å². The number of methoxy groups -OCH3 is 1. The maximum Gasteiger partial charge on any atom is 0.334 e. The summed E-state index contributed by atoms with van der Waals surface area (Å²) in [5.41, 5.74) is 1.68. The van der Waals surface area contributed by atoms with Crippen LogP contribution in [0.15, 0.2) is 48.5 Å². The molecule has 2 saturated heterocycles. The number of carbonyl (C=O) groups is 3. The molecule has 2 aliphatic rings. The van der Waals surface area contributed by atoms with E-state index in [9.17, 15) is 18.8 Å². The van der Waals surface area contributed by atoms with Gasteiger partial charge in [0.05, 0.1) is 20.2 Å². The third-order valence-corrected chi connectivity index (χ3v) is 6.60. The lowest BCUT2D eigenvalue weighted by Crippen LogP contribution is -2.75. The highest BCUT2D eigenvalue weighted by Gasteiger charge is 2.50. The Morgan fingerprint density at radius 1 is 1.08 bits per heavy atom. The smallest absolute Gasteiger partial charge is 0.334 e. The lowest BCUT2D eigenvalue weighted by atomic mass is 10.0. The van der Waals surface area contributed by atoms with E-state index >= 15 is 0 Å². The highest BCUT2D eigenvalue weighted by molar-refractivity contribution is 5.91. The van der Waals surface area contributed by atoms with Gasteiger partial charge in [0.15, 0.2) is 0 Å². The molecule has 1 N–H and O–H groups in total. The average Bonchev–Trinajstić information content (AvgIpc) is 2.86. The molecule has 0 spiro atoms. The van der Waals surface area contributed by atoms with Gasteiger partial charge in [-0.25, -0.2) is 19.2 Å². The topological polar surface area (TPSA) is 85.4 Å². The molecule has 0 aromatic heterocycles. The van der Waals surface area contributed by atoms with Crippen molar-refractivity contribution in [2.45, 2.75) is 45.1 Å². The Hall–Kier alpha value is -3.66. The summed E-state index contributed by atoms with van der Waals surface area (Å²) in [5, 5.41) is 5.98. The molecule has 192 valence electrons. The quantitative estimate of drug-likeness (QED) is 0.636. The Labute approximate surface area is 210 Å². The fourth-order valence-corrected chi connectivity index (χ4v) is 4.81. The second kappa shape index (κ2) is 10.9. The number of rotatable bonds is 7. The number of halogens is 1. The maximum absolute atomic E-state index is 13.5. The Morgan fingerprint density at radius 3 is 2.39 bits per heavy atom. The van der Waals surface area contributed by atoms with E-state index in [2.05, 4.69) is 5.32 Å². The van der Waals surface area contributed by atoms with Crippen molar-refractivity contribution in [2.75, 3.05) is 27.2 Å². The van der Waals surface area contributed by atoms with Crippen molar-refractivity contribution in [1.29, 1.82) is 0 Å². The SMILES string of the molecule is CCC[C@H]1C(=O)N(Cc2ccc(OC)cc2)C[C@H]2N1C(=O)CN(C)N2C(=O)NCc1ccc(F)cc1. The molecule has 2 aromatic carbocycles. The largest absolute Gasteiger partial charge is 0.497 e. The second-order valence-corrected chi connectivity index (χ2v) is 9.10. The minimum Gasteiger partial charge on any atom is -0.497 e. The number of carbonyl (C=O) groups excluding carboxylic acids is 3. The van der Waals surface area contributed by atoms with E-state index in [0.717, 1.165) is 23.3 Å². The third-order valence-electron chi connectivity index (χ3n) is 6.60. The molecule has 2 fully saturated rings. The van der Waals surface area contributed by atoms with Crippen molar-refractivity contribution >= 4 is 17.8 Å². The summed E-state index contributed by atoms with van der Waals surface area (Å²) in [7, 11) is 3.28. The van der Waals surface area contributed by atoms with Gasteiger partial charge in [-0.3, -0.25) is 9.59 Å². The van der Waals surface area contributed by atoms with Crippen LogP contribution in [0, 0.1) is 5.82 Å². The number of amides is 4. The molecule has 2 atom stereocenters. The number of ether oxygens (including phenoxy) is 1. The molecule has 0 aliphatic carbocycles. The van der Waals surface area contributed by atoms with E-state index in [-0.39, 0.29) is 37.3 Å². The first-order chi connectivity index (χ1) is 17.3. The summed E-state index contributed by atoms with van der Waals surface area (Å²) in [5.74, 6) is 0.0810. The monoisotopic (exact) mass is 497 g/mol. The summed E-state index contributed by atoms with van der Waals surface area (Å²) in [4.78, 5) is 43.2. The molecule has 2 aromatic rings. The van der Waals surface area contributed by atoms with Gasteiger partial charge in [-0.2, -0.15) is 0 Å². The Balaban J connectivity index is 1.57. The third kappa shape index (κ3) is 5.28. The number of hydrogen-bond acceptors (Lipinski definition) is 5. The Bertz CT molecular complexity index is 1090. The second-order valence-electron chi connectivity index (χ2n) is 9.10. The molecule has 4 amide bonds. The molecule has 4 rings (SSSR count). The molecule has 9 nitrogen and oxygen atoms in total. The Kier molecular flexibility index (Phi) is 7.73. The molecular formula is C26H32FN5O4. The zero-order chi connectivity index (χ0) is 25.8. The van der Waals surface area contributed by atoms with Crippen LogP contribution in [0.2, 0.25) is 0 Å². The van der Waals surface area contributed by atoms with E-state index in [1.165, 1.54) is 17.1 Å². The van der Waals surface area contributed by atoms with Crippen LogP contribution in [0.1, 0.15) is 30.9 Å². The standard InChI is InChI=1S/C26H32FN5O4/c1-4-5-22-25(34)30(15-19-8-12-21(36-3)13-9-19)16-23-31(22)24(33)17-29(2)32(23)26(35)28-14-18-6-10-20(27)11-7-18/h6-13,22-23H,4-5,14-17H2,1-3H3,(H,28,35)/t22-,23-/m0/s1. The first-order valence-corrected chi connectivity index (χ1v) is 12.1. The summed E-state index contributed by atoms with van der Waals surface area (Å²) in [6.45, 7) is 2.71. The van der Waals surface area contributed by atoms with E-state index < -0.39 is 18.2 Å². The number of fused-ring (bicyclic) bond motifs is 1. The molecule has 36 heavy (non-hydrogen) atoms. The van der Waals surface area contributed by atoms with Gasteiger partial charge in [0.25, 0.3) is 0 Å². The lowest BCUT2D eigenvalue weighted by Gasteiger charge is -2.54. The number of hydrazine groups is 1. The minimum atomic E-state index is -0.642. The highest BCUT2D eigenvalue weighted by Crippen LogP contribution is 2.29. The van der Waals surface area contributed by atoms with Crippen molar-refractivity contribution in [3.8, 4) is 5.75 Å². The summed E-state index contributed by atoms with van der Waals surface area (Å²) >= 11 is 0. The van der Waals surface area contributed by atoms with Crippen molar-refractivity contribution in [3.63, 3.8) is 0 Å². The van der Waals surface area contributed by atoms with Gasteiger partial charge in [-0.05, 0) is 41.8 Å². The molecule has 0 radical (unpaired) electrons. The predicted molar refractivity (Wildman–Crippen MR) is 131 cm³/mol. The van der Waals surface area contributed by atoms with Crippen LogP contribution in [0.4, 0.5) is 9.18 Å². The van der Waals surface area contributed by atoms with Crippen LogP contribution in [-0.2, 0) is 22.7 Å². The van der Waals surface area contributed by atoms with Crippen LogP contribution in [0.3, 0.4) is 0 Å². The molecule has 10 heteroatoms. The van der Waals surface area contributed by atoms with Crippen molar-refractivity contribution in [3.05, 3.63) is 65.5 Å². The normalized spacial score (nSPS) is 20.4. The van der Waals surface area contributed by atoms with Crippen LogP contribution < -0.4 is 10.1 Å². The summed E-state index contributed by atoms with van der Waals surface area (Å²) < 4.78 is 18.5. The van der Waals surface area contributed by atoms with Gasteiger partial charge in [0, 0.05) is 20.1 Å². The van der Waals surface area contributed by atoms with Crippen LogP contribution in [0.25, 0.3) is 0 Å². The van der Waals surface area contributed by atoms with Gasteiger partial charge in [-0.15, -0.1) is 0 Å². The molecule has 2 heterocycles. The van der Waals surface area contributed by atoms with E-state index in [1.807, 2.05) is 31.2 Å². The molecule has 2 aliphatic heterocycles. The Morgan fingerprint density at radius 2 is 1.75 bits per heavy atom. The number of nitrogens with one attached hydrogen (secondary N) is 1. The number of likely N-dealkylation sites (N-methyl/N-ethyl adjacent to an activating group) is 1. The highest BCUT2D eigenvalue weighted by atomic mass is 19.1. The van der Waals surface area contributed by atoms with Gasteiger partial charge in [-0.1, -0.05) is 37.6 Å². The molecule has 0 saturated carbocycles. The number of benzene rings is 2. The number of piperazine rings is 1. The van der Waals surface area contributed by atoms with E-state index in [0.29, 0.717) is 13.0 Å². The first-order valence-electron chi connectivity index (χ1n) is 12.1. The lowest BCUT2D eigenvalue weighted by molar-refractivity contribution is -0.188.